The van der Waals surface area contributed by atoms with Crippen LogP contribution in [0, 0.1) is 0 Å². The molecule has 0 bridgehead atoms. The van der Waals surface area contributed by atoms with Gasteiger partial charge in [-0.1, -0.05) is 30.3 Å². The first-order valence-corrected chi connectivity index (χ1v) is 6.93. The van der Waals surface area contributed by atoms with E-state index >= 15 is 0 Å². The van der Waals surface area contributed by atoms with E-state index in [2.05, 4.69) is 0 Å². The maximum atomic E-state index is 12.3. The van der Waals surface area contributed by atoms with Crippen molar-refractivity contribution in [3.05, 3.63) is 35.9 Å². The molecule has 1 atom stereocenters. The summed E-state index contributed by atoms with van der Waals surface area (Å²) < 4.78 is 4.97. The molecule has 19 heavy (non-hydrogen) atoms. The van der Waals surface area contributed by atoms with Gasteiger partial charge in [0.1, 0.15) is 5.78 Å². The molecule has 102 valence electrons. The largest absolute Gasteiger partial charge is 0.466 e. The highest BCUT2D eigenvalue weighted by atomic mass is 16.5. The topological polar surface area (TPSA) is 43.4 Å². The second-order valence-corrected chi connectivity index (χ2v) is 5.03. The van der Waals surface area contributed by atoms with Crippen LogP contribution in [0.25, 0.3) is 0 Å². The lowest BCUT2D eigenvalue weighted by molar-refractivity contribution is -0.143. The van der Waals surface area contributed by atoms with E-state index in [0.29, 0.717) is 25.9 Å². The summed E-state index contributed by atoms with van der Waals surface area (Å²) in [6, 6.07) is 9.84. The third kappa shape index (κ3) is 2.86. The number of hydrogen-bond donors (Lipinski definition) is 0. The SMILES string of the molecule is CCOC(=O)CCC1(c2ccccc2)CCCC1=O. The second kappa shape index (κ2) is 6.00. The van der Waals surface area contributed by atoms with Gasteiger partial charge in [0.25, 0.3) is 0 Å². The van der Waals surface area contributed by atoms with Gasteiger partial charge in [0.15, 0.2) is 0 Å². The van der Waals surface area contributed by atoms with E-state index in [1.807, 2.05) is 30.3 Å². The van der Waals surface area contributed by atoms with Crippen LogP contribution in [0.1, 0.15) is 44.6 Å². The minimum absolute atomic E-state index is 0.211. The Morgan fingerprint density at radius 2 is 2.05 bits per heavy atom. The van der Waals surface area contributed by atoms with E-state index in [1.165, 1.54) is 0 Å². The van der Waals surface area contributed by atoms with E-state index in [9.17, 15) is 9.59 Å². The predicted octanol–water partition coefficient (Wildman–Crippen LogP) is 3.02. The smallest absolute Gasteiger partial charge is 0.305 e. The molecule has 0 radical (unpaired) electrons. The Morgan fingerprint density at radius 1 is 1.32 bits per heavy atom. The fourth-order valence-electron chi connectivity index (χ4n) is 2.95. The van der Waals surface area contributed by atoms with Crippen molar-refractivity contribution in [3.63, 3.8) is 0 Å². The quantitative estimate of drug-likeness (QED) is 0.764. The van der Waals surface area contributed by atoms with Gasteiger partial charge in [0.05, 0.1) is 12.0 Å². The highest BCUT2D eigenvalue weighted by molar-refractivity contribution is 5.92. The Bertz CT molecular complexity index is 452. The lowest BCUT2D eigenvalue weighted by Crippen LogP contribution is -2.31. The Morgan fingerprint density at radius 3 is 2.63 bits per heavy atom. The molecule has 1 aromatic carbocycles. The molecule has 0 spiro atoms. The summed E-state index contributed by atoms with van der Waals surface area (Å²) in [5.41, 5.74) is 0.579. The summed E-state index contributed by atoms with van der Waals surface area (Å²) in [4.78, 5) is 23.9. The lowest BCUT2D eigenvalue weighted by atomic mass is 9.74. The number of esters is 1. The molecule has 1 unspecified atom stereocenters. The maximum Gasteiger partial charge on any atom is 0.305 e. The van der Waals surface area contributed by atoms with Gasteiger partial charge in [-0.3, -0.25) is 9.59 Å². The van der Waals surface area contributed by atoms with Gasteiger partial charge in [-0.15, -0.1) is 0 Å². The third-order valence-electron chi connectivity index (χ3n) is 3.93. The molecule has 0 aliphatic heterocycles. The molecule has 3 heteroatoms. The molecule has 3 nitrogen and oxygen atoms in total. The number of Topliss-reactive ketones (excluding diaryl/α,β-unsaturated/α-hetero) is 1. The predicted molar refractivity (Wildman–Crippen MR) is 72.8 cm³/mol. The van der Waals surface area contributed by atoms with Crippen LogP contribution in [0.3, 0.4) is 0 Å². The van der Waals surface area contributed by atoms with Gasteiger partial charge in [-0.2, -0.15) is 0 Å². The summed E-state index contributed by atoms with van der Waals surface area (Å²) in [5.74, 6) is 0.0560. The first-order valence-electron chi connectivity index (χ1n) is 6.93. The third-order valence-corrected chi connectivity index (χ3v) is 3.93. The number of rotatable bonds is 5. The average Bonchev–Trinajstić information content (AvgIpc) is 2.80. The molecule has 0 N–H and O–H groups in total. The van der Waals surface area contributed by atoms with Crippen molar-refractivity contribution in [1.82, 2.24) is 0 Å². The fourth-order valence-corrected chi connectivity index (χ4v) is 2.95. The number of carbonyl (C=O) groups excluding carboxylic acids is 2. The van der Waals surface area contributed by atoms with Crippen molar-refractivity contribution in [1.29, 1.82) is 0 Å². The summed E-state index contributed by atoms with van der Waals surface area (Å²) in [7, 11) is 0. The summed E-state index contributed by atoms with van der Waals surface area (Å²) in [6.45, 7) is 2.19. The normalized spacial score (nSPS) is 22.5. The van der Waals surface area contributed by atoms with Crippen LogP contribution in [0.5, 0.6) is 0 Å². The molecule has 1 aliphatic rings. The van der Waals surface area contributed by atoms with Gasteiger partial charge < -0.3 is 4.74 Å². The van der Waals surface area contributed by atoms with Crippen LogP contribution >= 0.6 is 0 Å². The Kier molecular flexibility index (Phi) is 4.35. The molecule has 0 heterocycles. The van der Waals surface area contributed by atoms with Crippen molar-refractivity contribution >= 4 is 11.8 Å². The molecule has 1 aromatic rings. The van der Waals surface area contributed by atoms with E-state index < -0.39 is 5.41 Å². The summed E-state index contributed by atoms with van der Waals surface area (Å²) in [5, 5.41) is 0. The van der Waals surface area contributed by atoms with E-state index in [0.717, 1.165) is 18.4 Å². The van der Waals surface area contributed by atoms with Gasteiger partial charge >= 0.3 is 5.97 Å². The fraction of sp³-hybridized carbons (Fsp3) is 0.500. The van der Waals surface area contributed by atoms with E-state index in [4.69, 9.17) is 4.74 Å². The Labute approximate surface area is 114 Å². The van der Waals surface area contributed by atoms with Crippen LogP contribution in [0.2, 0.25) is 0 Å². The highest BCUT2D eigenvalue weighted by Crippen LogP contribution is 2.41. The van der Waals surface area contributed by atoms with Gasteiger partial charge in [0.2, 0.25) is 0 Å². The standard InChI is InChI=1S/C16H20O3/c1-2-19-15(18)10-12-16(11-6-9-14(16)17)13-7-4-3-5-8-13/h3-5,7-8H,2,6,9-12H2,1H3. The molecule has 0 amide bonds. The van der Waals surface area contributed by atoms with E-state index in [-0.39, 0.29) is 11.8 Å². The van der Waals surface area contributed by atoms with Crippen molar-refractivity contribution in [2.24, 2.45) is 0 Å². The average molecular weight is 260 g/mol. The van der Waals surface area contributed by atoms with E-state index in [1.54, 1.807) is 6.92 Å². The highest BCUT2D eigenvalue weighted by Gasteiger charge is 2.43. The van der Waals surface area contributed by atoms with Crippen LogP contribution in [-0.4, -0.2) is 18.4 Å². The molecule has 1 saturated carbocycles. The van der Waals surface area contributed by atoms with Crippen LogP contribution in [0.4, 0.5) is 0 Å². The Hall–Kier alpha value is -1.64. The molecule has 1 aliphatic carbocycles. The summed E-state index contributed by atoms with van der Waals surface area (Å²) in [6.07, 6.45) is 3.26. The zero-order valence-corrected chi connectivity index (χ0v) is 11.4. The first-order chi connectivity index (χ1) is 9.19. The molecular weight excluding hydrogens is 240 g/mol. The molecule has 2 rings (SSSR count). The number of benzene rings is 1. The van der Waals surface area contributed by atoms with Crippen LogP contribution in [0.15, 0.2) is 30.3 Å². The number of carbonyl (C=O) groups is 2. The first kappa shape index (κ1) is 13.8. The van der Waals surface area contributed by atoms with Gasteiger partial charge in [-0.25, -0.2) is 0 Å². The van der Waals surface area contributed by atoms with Crippen molar-refractivity contribution < 1.29 is 14.3 Å². The zero-order valence-electron chi connectivity index (χ0n) is 11.4. The minimum Gasteiger partial charge on any atom is -0.466 e. The number of ketones is 1. The second-order valence-electron chi connectivity index (χ2n) is 5.03. The Balaban J connectivity index is 2.17. The van der Waals surface area contributed by atoms with Crippen molar-refractivity contribution in [2.45, 2.75) is 44.4 Å². The van der Waals surface area contributed by atoms with Gasteiger partial charge in [0, 0.05) is 12.8 Å². The molecular formula is C16H20O3. The number of ether oxygens (including phenoxy) is 1. The van der Waals surface area contributed by atoms with Gasteiger partial charge in [-0.05, 0) is 31.7 Å². The zero-order chi connectivity index (χ0) is 13.7. The minimum atomic E-state index is -0.464. The molecule has 0 aromatic heterocycles. The van der Waals surface area contributed by atoms with Crippen LogP contribution in [-0.2, 0) is 19.7 Å². The molecule has 1 fully saturated rings. The summed E-state index contributed by atoms with van der Waals surface area (Å²) >= 11 is 0. The maximum absolute atomic E-state index is 12.3. The molecule has 0 saturated heterocycles. The lowest BCUT2D eigenvalue weighted by Gasteiger charge is -2.27. The number of hydrogen-bond acceptors (Lipinski definition) is 3. The van der Waals surface area contributed by atoms with Crippen molar-refractivity contribution in [2.75, 3.05) is 6.61 Å². The van der Waals surface area contributed by atoms with Crippen molar-refractivity contribution in [3.8, 4) is 0 Å². The van der Waals surface area contributed by atoms with Crippen LogP contribution < -0.4 is 0 Å². The monoisotopic (exact) mass is 260 g/mol.